The number of rotatable bonds is 5. The summed E-state index contributed by atoms with van der Waals surface area (Å²) in [7, 11) is 1.63. The van der Waals surface area contributed by atoms with Crippen molar-refractivity contribution in [3.8, 4) is 17.5 Å². The standard InChI is InChI=1S/C21H20N4O2S/c1-13-12-28-21(23-13)24-20(26)17(11-22)9-16-8-14(2)25(15(16)3)18-6-5-7-19(10-18)27-4/h5-10,12H,1-4H3,(H,23,24,26)/b17-9-. The molecule has 1 aromatic carbocycles. The smallest absolute Gasteiger partial charge is 0.268 e. The second-order valence-electron chi connectivity index (χ2n) is 6.28. The van der Waals surface area contributed by atoms with Gasteiger partial charge in [0.15, 0.2) is 5.13 Å². The molecule has 1 N–H and O–H groups in total. The number of nitriles is 1. The average molecular weight is 392 g/mol. The van der Waals surface area contributed by atoms with Crippen molar-refractivity contribution in [3.05, 3.63) is 63.9 Å². The van der Waals surface area contributed by atoms with Crippen LogP contribution in [0.4, 0.5) is 5.13 Å². The number of anilines is 1. The Bertz CT molecular complexity index is 1100. The molecule has 0 fully saturated rings. The number of aryl methyl sites for hydroxylation is 2. The van der Waals surface area contributed by atoms with E-state index >= 15 is 0 Å². The van der Waals surface area contributed by atoms with Crippen molar-refractivity contribution in [3.63, 3.8) is 0 Å². The Kier molecular flexibility index (Phi) is 5.62. The lowest BCUT2D eigenvalue weighted by Crippen LogP contribution is -2.13. The molecule has 0 radical (unpaired) electrons. The number of hydrogen-bond donors (Lipinski definition) is 1. The molecule has 0 saturated heterocycles. The second kappa shape index (κ2) is 8.11. The normalized spacial score (nSPS) is 11.2. The summed E-state index contributed by atoms with van der Waals surface area (Å²) >= 11 is 1.33. The van der Waals surface area contributed by atoms with E-state index in [0.717, 1.165) is 34.1 Å². The van der Waals surface area contributed by atoms with Gasteiger partial charge in [-0.1, -0.05) is 6.07 Å². The number of hydrogen-bond acceptors (Lipinski definition) is 5. The highest BCUT2D eigenvalue weighted by atomic mass is 32.1. The lowest BCUT2D eigenvalue weighted by atomic mass is 10.1. The molecule has 7 heteroatoms. The van der Waals surface area contributed by atoms with Gasteiger partial charge in [-0.05, 0) is 50.6 Å². The first-order valence-electron chi connectivity index (χ1n) is 8.61. The average Bonchev–Trinajstić information content (AvgIpc) is 3.21. The summed E-state index contributed by atoms with van der Waals surface area (Å²) in [5.74, 6) is 0.293. The van der Waals surface area contributed by atoms with Gasteiger partial charge in [0.05, 0.1) is 12.8 Å². The molecular formula is C21H20N4O2S. The van der Waals surface area contributed by atoms with E-state index in [1.54, 1.807) is 13.2 Å². The number of nitrogens with zero attached hydrogens (tertiary/aromatic N) is 3. The molecule has 0 saturated carbocycles. The molecule has 3 aromatic rings. The zero-order valence-electron chi connectivity index (χ0n) is 16.1. The zero-order chi connectivity index (χ0) is 20.3. The van der Waals surface area contributed by atoms with Crippen LogP contribution in [0.3, 0.4) is 0 Å². The summed E-state index contributed by atoms with van der Waals surface area (Å²) in [5, 5.41) is 14.5. The number of carbonyl (C=O) groups is 1. The van der Waals surface area contributed by atoms with Crippen molar-refractivity contribution in [2.24, 2.45) is 0 Å². The molecule has 6 nitrogen and oxygen atoms in total. The van der Waals surface area contributed by atoms with Crippen LogP contribution in [0, 0.1) is 32.1 Å². The first-order chi connectivity index (χ1) is 13.4. The van der Waals surface area contributed by atoms with E-state index in [-0.39, 0.29) is 5.57 Å². The lowest BCUT2D eigenvalue weighted by Gasteiger charge is -2.11. The summed E-state index contributed by atoms with van der Waals surface area (Å²) in [5.41, 5.74) is 4.53. The van der Waals surface area contributed by atoms with Crippen LogP contribution in [-0.2, 0) is 4.79 Å². The Morgan fingerprint density at radius 2 is 2.11 bits per heavy atom. The largest absolute Gasteiger partial charge is 0.497 e. The molecule has 0 aliphatic rings. The van der Waals surface area contributed by atoms with Gasteiger partial charge in [-0.25, -0.2) is 4.98 Å². The number of carbonyl (C=O) groups excluding carboxylic acids is 1. The van der Waals surface area contributed by atoms with Crippen LogP contribution in [-0.4, -0.2) is 22.6 Å². The highest BCUT2D eigenvalue weighted by Gasteiger charge is 2.15. The van der Waals surface area contributed by atoms with Gasteiger partial charge >= 0.3 is 0 Å². The predicted molar refractivity (Wildman–Crippen MR) is 111 cm³/mol. The van der Waals surface area contributed by atoms with E-state index < -0.39 is 5.91 Å². The molecule has 142 valence electrons. The van der Waals surface area contributed by atoms with Gasteiger partial charge in [0.1, 0.15) is 17.4 Å². The van der Waals surface area contributed by atoms with Crippen molar-refractivity contribution in [2.75, 3.05) is 12.4 Å². The van der Waals surface area contributed by atoms with Crippen LogP contribution in [0.5, 0.6) is 5.75 Å². The fraction of sp³-hybridized carbons (Fsp3) is 0.190. The summed E-state index contributed by atoms with van der Waals surface area (Å²) < 4.78 is 7.37. The predicted octanol–water partition coefficient (Wildman–Crippen LogP) is 4.41. The molecule has 2 heterocycles. The first-order valence-corrected chi connectivity index (χ1v) is 9.49. The molecule has 0 aliphatic carbocycles. The van der Waals surface area contributed by atoms with Crippen LogP contribution in [0.1, 0.15) is 22.6 Å². The van der Waals surface area contributed by atoms with Crippen LogP contribution in [0.15, 0.2) is 41.3 Å². The van der Waals surface area contributed by atoms with E-state index in [1.807, 2.05) is 62.6 Å². The van der Waals surface area contributed by atoms with Gasteiger partial charge < -0.3 is 9.30 Å². The van der Waals surface area contributed by atoms with Crippen molar-refractivity contribution in [1.29, 1.82) is 5.26 Å². The van der Waals surface area contributed by atoms with Crippen molar-refractivity contribution in [1.82, 2.24) is 9.55 Å². The first kappa shape index (κ1) is 19.4. The Morgan fingerprint density at radius 3 is 2.75 bits per heavy atom. The Labute approximate surface area is 167 Å². The van der Waals surface area contributed by atoms with E-state index in [0.29, 0.717) is 5.13 Å². The molecule has 28 heavy (non-hydrogen) atoms. The molecule has 2 aromatic heterocycles. The van der Waals surface area contributed by atoms with Crippen molar-refractivity contribution >= 4 is 28.5 Å². The zero-order valence-corrected chi connectivity index (χ0v) is 16.9. The fourth-order valence-corrected chi connectivity index (χ4v) is 3.64. The summed E-state index contributed by atoms with van der Waals surface area (Å²) in [4.78, 5) is 16.7. The lowest BCUT2D eigenvalue weighted by molar-refractivity contribution is -0.112. The Hall–Kier alpha value is -3.37. The minimum absolute atomic E-state index is 0.0266. The quantitative estimate of drug-likeness (QED) is 0.515. The minimum Gasteiger partial charge on any atom is -0.497 e. The molecular weight excluding hydrogens is 372 g/mol. The molecule has 0 bridgehead atoms. The number of ether oxygens (including phenoxy) is 1. The Morgan fingerprint density at radius 1 is 1.32 bits per heavy atom. The van der Waals surface area contributed by atoms with E-state index in [1.165, 1.54) is 11.3 Å². The maximum atomic E-state index is 12.5. The van der Waals surface area contributed by atoms with Gasteiger partial charge in [0.25, 0.3) is 5.91 Å². The highest BCUT2D eigenvalue weighted by molar-refractivity contribution is 7.13. The molecule has 1 amide bonds. The van der Waals surface area contributed by atoms with Crippen LogP contribution in [0.2, 0.25) is 0 Å². The van der Waals surface area contributed by atoms with Crippen molar-refractivity contribution in [2.45, 2.75) is 20.8 Å². The highest BCUT2D eigenvalue weighted by Crippen LogP contribution is 2.25. The second-order valence-corrected chi connectivity index (χ2v) is 7.14. The number of aromatic nitrogens is 2. The van der Waals surface area contributed by atoms with Crippen LogP contribution in [0.25, 0.3) is 11.8 Å². The van der Waals surface area contributed by atoms with Crippen LogP contribution >= 0.6 is 11.3 Å². The molecule has 3 rings (SSSR count). The topological polar surface area (TPSA) is 79.9 Å². The third-order valence-corrected chi connectivity index (χ3v) is 5.16. The molecule has 0 spiro atoms. The third-order valence-electron chi connectivity index (χ3n) is 4.29. The van der Waals surface area contributed by atoms with Gasteiger partial charge in [-0.15, -0.1) is 11.3 Å². The Balaban J connectivity index is 1.94. The van der Waals surface area contributed by atoms with Gasteiger partial charge in [0, 0.05) is 28.5 Å². The monoisotopic (exact) mass is 392 g/mol. The van der Waals surface area contributed by atoms with Crippen molar-refractivity contribution < 1.29 is 9.53 Å². The number of nitrogens with one attached hydrogen (secondary N) is 1. The summed E-state index contributed by atoms with van der Waals surface area (Å²) in [6, 6.07) is 11.7. The van der Waals surface area contributed by atoms with Gasteiger partial charge in [-0.2, -0.15) is 5.26 Å². The maximum absolute atomic E-state index is 12.5. The van der Waals surface area contributed by atoms with E-state index in [2.05, 4.69) is 14.9 Å². The number of benzene rings is 1. The fourth-order valence-electron chi connectivity index (χ4n) is 2.96. The van der Waals surface area contributed by atoms with E-state index in [9.17, 15) is 10.1 Å². The van der Waals surface area contributed by atoms with Crippen LogP contribution < -0.4 is 10.1 Å². The number of thiazole rings is 1. The maximum Gasteiger partial charge on any atom is 0.268 e. The van der Waals surface area contributed by atoms with E-state index in [4.69, 9.17) is 4.74 Å². The number of amides is 1. The third kappa shape index (κ3) is 3.97. The molecule has 0 unspecified atom stereocenters. The SMILES string of the molecule is COc1cccc(-n2c(C)cc(/C=C(/C#N)C(=O)Nc3nc(C)cs3)c2C)c1. The van der Waals surface area contributed by atoms with Gasteiger partial charge in [-0.3, -0.25) is 10.1 Å². The minimum atomic E-state index is -0.469. The summed E-state index contributed by atoms with van der Waals surface area (Å²) in [6.07, 6.45) is 1.61. The summed E-state index contributed by atoms with van der Waals surface area (Å²) in [6.45, 7) is 5.78. The number of methoxy groups -OCH3 is 1. The molecule has 0 atom stereocenters. The molecule has 0 aliphatic heterocycles. The van der Waals surface area contributed by atoms with Gasteiger partial charge in [0.2, 0.25) is 0 Å².